The zero-order chi connectivity index (χ0) is 12.1. The molecule has 0 saturated carbocycles. The summed E-state index contributed by atoms with van der Waals surface area (Å²) in [5.41, 5.74) is 4.28. The maximum absolute atomic E-state index is 11.0. The lowest BCUT2D eigenvalue weighted by molar-refractivity contribution is -0.121. The lowest BCUT2D eigenvalue weighted by atomic mass is 10.1. The van der Waals surface area contributed by atoms with Gasteiger partial charge in [0, 0.05) is 24.5 Å². The molecule has 1 aromatic carbocycles. The summed E-state index contributed by atoms with van der Waals surface area (Å²) in [7, 11) is 0. The molecule has 3 N–H and O–H groups in total. The van der Waals surface area contributed by atoms with Crippen molar-refractivity contribution in [1.29, 1.82) is 0 Å². The number of nitrogens with one attached hydrogen (secondary N) is 1. The molecule has 0 spiro atoms. The maximum Gasteiger partial charge on any atom is 0.234 e. The molecule has 88 valence electrons. The van der Waals surface area contributed by atoms with Gasteiger partial charge in [-0.15, -0.1) is 0 Å². The van der Waals surface area contributed by atoms with Crippen LogP contribution in [0.5, 0.6) is 0 Å². The minimum atomic E-state index is -0.149. The van der Waals surface area contributed by atoms with Crippen LogP contribution in [0.2, 0.25) is 0 Å². The molecule has 2 aromatic rings. The average Bonchev–Trinajstić information content (AvgIpc) is 2.90. The fourth-order valence-electron chi connectivity index (χ4n) is 1.58. The van der Waals surface area contributed by atoms with Gasteiger partial charge in [0.15, 0.2) is 0 Å². The molecule has 0 aliphatic heterocycles. The molecule has 0 unspecified atom stereocenters. The molecule has 0 aliphatic carbocycles. The summed E-state index contributed by atoms with van der Waals surface area (Å²) in [5, 5.41) is 0. The first-order valence-corrected chi connectivity index (χ1v) is 5.36. The van der Waals surface area contributed by atoms with Crippen molar-refractivity contribution in [2.45, 2.75) is 12.8 Å². The fourth-order valence-corrected chi connectivity index (χ4v) is 1.58. The van der Waals surface area contributed by atoms with Crippen LogP contribution < -0.4 is 11.3 Å². The van der Waals surface area contributed by atoms with Crippen molar-refractivity contribution in [1.82, 2.24) is 15.0 Å². The number of aromatic nitrogens is 2. The summed E-state index contributed by atoms with van der Waals surface area (Å²) in [6, 6.07) is 7.99. The quantitative estimate of drug-likeness (QED) is 0.463. The Hall–Kier alpha value is -2.14. The number of hydrogen-bond acceptors (Lipinski definition) is 3. The van der Waals surface area contributed by atoms with Gasteiger partial charge in [-0.05, 0) is 24.1 Å². The second-order valence-corrected chi connectivity index (χ2v) is 3.70. The van der Waals surface area contributed by atoms with Crippen molar-refractivity contribution in [3.8, 4) is 5.69 Å². The zero-order valence-electron chi connectivity index (χ0n) is 9.34. The Morgan fingerprint density at radius 3 is 2.71 bits per heavy atom. The van der Waals surface area contributed by atoms with Crippen LogP contribution >= 0.6 is 0 Å². The first-order chi connectivity index (χ1) is 8.29. The number of benzene rings is 1. The highest BCUT2D eigenvalue weighted by atomic mass is 16.2. The number of rotatable bonds is 4. The Kier molecular flexibility index (Phi) is 3.52. The molecule has 17 heavy (non-hydrogen) atoms. The van der Waals surface area contributed by atoms with Crippen molar-refractivity contribution < 1.29 is 4.79 Å². The number of imidazole rings is 1. The Morgan fingerprint density at radius 1 is 1.35 bits per heavy atom. The Morgan fingerprint density at radius 2 is 2.12 bits per heavy atom. The van der Waals surface area contributed by atoms with E-state index in [4.69, 9.17) is 5.84 Å². The van der Waals surface area contributed by atoms with E-state index in [0.717, 1.165) is 11.3 Å². The Bertz CT molecular complexity index is 476. The summed E-state index contributed by atoms with van der Waals surface area (Å²) in [5.74, 6) is 4.87. The van der Waals surface area contributed by atoms with Gasteiger partial charge in [0.05, 0.1) is 6.33 Å². The molecule has 0 radical (unpaired) electrons. The summed E-state index contributed by atoms with van der Waals surface area (Å²) in [6.07, 6.45) is 6.46. The number of aryl methyl sites for hydroxylation is 1. The second kappa shape index (κ2) is 5.27. The minimum absolute atomic E-state index is 0.149. The van der Waals surface area contributed by atoms with Gasteiger partial charge in [-0.2, -0.15) is 0 Å². The van der Waals surface area contributed by atoms with Crippen LogP contribution in [0.4, 0.5) is 0 Å². The number of nitrogens with two attached hydrogens (primary N) is 1. The largest absolute Gasteiger partial charge is 0.306 e. The van der Waals surface area contributed by atoms with E-state index in [1.165, 1.54) is 0 Å². The highest BCUT2D eigenvalue weighted by molar-refractivity contribution is 5.75. The zero-order valence-corrected chi connectivity index (χ0v) is 9.34. The van der Waals surface area contributed by atoms with Crippen molar-refractivity contribution in [2.75, 3.05) is 0 Å². The Labute approximate surface area is 99.2 Å². The first kappa shape index (κ1) is 11.3. The van der Waals surface area contributed by atoms with Crippen LogP contribution in [0.1, 0.15) is 12.0 Å². The van der Waals surface area contributed by atoms with E-state index >= 15 is 0 Å². The normalized spacial score (nSPS) is 10.2. The fraction of sp³-hybridized carbons (Fsp3) is 0.167. The van der Waals surface area contributed by atoms with Gasteiger partial charge in [0.25, 0.3) is 0 Å². The molecule has 2 rings (SSSR count). The Balaban J connectivity index is 2.01. The maximum atomic E-state index is 11.0. The van der Waals surface area contributed by atoms with Gasteiger partial charge < -0.3 is 4.57 Å². The summed E-state index contributed by atoms with van der Waals surface area (Å²) in [6.45, 7) is 0. The van der Waals surface area contributed by atoms with Crippen LogP contribution in [0, 0.1) is 0 Å². The lowest BCUT2D eigenvalue weighted by Gasteiger charge is -2.04. The monoisotopic (exact) mass is 230 g/mol. The third-order valence-corrected chi connectivity index (χ3v) is 2.54. The topological polar surface area (TPSA) is 72.9 Å². The first-order valence-electron chi connectivity index (χ1n) is 5.36. The number of nitrogens with zero attached hydrogens (tertiary/aromatic N) is 2. The average molecular weight is 230 g/mol. The van der Waals surface area contributed by atoms with E-state index < -0.39 is 0 Å². The third-order valence-electron chi connectivity index (χ3n) is 2.54. The van der Waals surface area contributed by atoms with Gasteiger partial charge in [-0.3, -0.25) is 10.2 Å². The number of hydrazine groups is 1. The molecule has 0 bridgehead atoms. The van der Waals surface area contributed by atoms with Crippen molar-refractivity contribution >= 4 is 5.91 Å². The van der Waals surface area contributed by atoms with E-state index in [1.807, 2.05) is 35.0 Å². The molecule has 5 heteroatoms. The number of hydrogen-bond donors (Lipinski definition) is 2. The van der Waals surface area contributed by atoms with Crippen molar-refractivity contribution in [2.24, 2.45) is 5.84 Å². The van der Waals surface area contributed by atoms with Crippen LogP contribution in [-0.4, -0.2) is 15.5 Å². The van der Waals surface area contributed by atoms with Gasteiger partial charge in [0.2, 0.25) is 5.91 Å². The molecule has 0 saturated heterocycles. The molecule has 1 heterocycles. The van der Waals surface area contributed by atoms with Crippen molar-refractivity contribution in [3.63, 3.8) is 0 Å². The van der Waals surface area contributed by atoms with Crippen LogP contribution in [0.3, 0.4) is 0 Å². The molecule has 0 aliphatic rings. The van der Waals surface area contributed by atoms with Crippen molar-refractivity contribution in [3.05, 3.63) is 48.5 Å². The SMILES string of the molecule is NNC(=O)CCc1ccc(-n2ccnc2)cc1. The molecular weight excluding hydrogens is 216 g/mol. The van der Waals surface area contributed by atoms with E-state index in [0.29, 0.717) is 12.8 Å². The second-order valence-electron chi connectivity index (χ2n) is 3.70. The van der Waals surface area contributed by atoms with E-state index in [-0.39, 0.29) is 5.91 Å². The van der Waals surface area contributed by atoms with E-state index in [2.05, 4.69) is 10.4 Å². The van der Waals surface area contributed by atoms with Crippen LogP contribution in [-0.2, 0) is 11.2 Å². The number of carbonyl (C=O) groups is 1. The summed E-state index contributed by atoms with van der Waals surface area (Å²) in [4.78, 5) is 15.0. The standard InChI is InChI=1S/C12H14N4O/c13-15-12(17)6-3-10-1-4-11(5-2-10)16-8-7-14-9-16/h1-2,4-5,7-9H,3,6,13H2,(H,15,17). The third kappa shape index (κ3) is 2.92. The molecule has 1 amide bonds. The predicted octanol–water partition coefficient (Wildman–Crippen LogP) is 0.795. The van der Waals surface area contributed by atoms with Gasteiger partial charge in [-0.1, -0.05) is 12.1 Å². The minimum Gasteiger partial charge on any atom is -0.306 e. The molecule has 1 aromatic heterocycles. The van der Waals surface area contributed by atoms with E-state index in [9.17, 15) is 4.79 Å². The predicted molar refractivity (Wildman–Crippen MR) is 64.2 cm³/mol. The molecular formula is C12H14N4O. The smallest absolute Gasteiger partial charge is 0.234 e. The summed E-state index contributed by atoms with van der Waals surface area (Å²) >= 11 is 0. The highest BCUT2D eigenvalue weighted by Gasteiger charge is 2.00. The molecule has 5 nitrogen and oxygen atoms in total. The van der Waals surface area contributed by atoms with Gasteiger partial charge in [0.1, 0.15) is 0 Å². The van der Waals surface area contributed by atoms with Gasteiger partial charge in [-0.25, -0.2) is 10.8 Å². The number of carbonyl (C=O) groups excluding carboxylic acids is 1. The highest BCUT2D eigenvalue weighted by Crippen LogP contribution is 2.10. The lowest BCUT2D eigenvalue weighted by Crippen LogP contribution is -2.30. The molecule has 0 fully saturated rings. The van der Waals surface area contributed by atoms with E-state index in [1.54, 1.807) is 12.5 Å². The van der Waals surface area contributed by atoms with Crippen LogP contribution in [0.25, 0.3) is 5.69 Å². The summed E-state index contributed by atoms with van der Waals surface area (Å²) < 4.78 is 1.93. The number of amides is 1. The molecule has 0 atom stereocenters. The van der Waals surface area contributed by atoms with Gasteiger partial charge >= 0.3 is 0 Å². The van der Waals surface area contributed by atoms with Crippen LogP contribution in [0.15, 0.2) is 43.0 Å².